The average molecular weight is 363 g/mol. The van der Waals surface area contributed by atoms with E-state index in [-0.39, 0.29) is 11.7 Å². The molecule has 2 aromatic carbocycles. The molecule has 0 saturated heterocycles. The molecule has 4 rings (SSSR count). The molecular weight excluding hydrogens is 338 g/mol. The highest BCUT2D eigenvalue weighted by atomic mass is 16.3. The van der Waals surface area contributed by atoms with Crippen LogP contribution in [-0.2, 0) is 19.6 Å². The van der Waals surface area contributed by atoms with Crippen molar-refractivity contribution in [2.45, 2.75) is 46.4 Å². The molecule has 0 aliphatic rings. The fraction of sp³-hybridized carbons (Fsp3) is 0.318. The van der Waals surface area contributed by atoms with E-state index in [4.69, 9.17) is 4.42 Å². The van der Waals surface area contributed by atoms with Crippen molar-refractivity contribution in [3.05, 3.63) is 70.3 Å². The molecule has 0 amide bonds. The minimum atomic E-state index is 0.0655. The first kappa shape index (κ1) is 17.6. The van der Waals surface area contributed by atoms with Gasteiger partial charge in [-0.2, -0.15) is 0 Å². The van der Waals surface area contributed by atoms with Crippen LogP contribution in [0.1, 0.15) is 38.1 Å². The molecule has 0 aliphatic heterocycles. The Morgan fingerprint density at radius 3 is 2.48 bits per heavy atom. The number of para-hydroxylation sites is 1. The molecule has 0 radical (unpaired) electrons. The van der Waals surface area contributed by atoms with E-state index in [1.54, 1.807) is 0 Å². The van der Waals surface area contributed by atoms with E-state index >= 15 is 0 Å². The van der Waals surface area contributed by atoms with Crippen LogP contribution in [0.4, 0.5) is 0 Å². The molecule has 5 nitrogen and oxygen atoms in total. The second kappa shape index (κ2) is 7.08. The summed E-state index contributed by atoms with van der Waals surface area (Å²) in [5.41, 5.74) is 4.13. The largest absolute Gasteiger partial charge is 0.459 e. The van der Waals surface area contributed by atoms with Gasteiger partial charge in [-0.3, -0.25) is 9.13 Å². The zero-order valence-corrected chi connectivity index (χ0v) is 16.0. The Morgan fingerprint density at radius 2 is 1.74 bits per heavy atom. The molecule has 0 bridgehead atoms. The fourth-order valence-corrected chi connectivity index (χ4v) is 3.67. The van der Waals surface area contributed by atoms with Crippen LogP contribution in [0.2, 0.25) is 0 Å². The number of aromatic nitrogens is 2. The van der Waals surface area contributed by atoms with E-state index in [0.29, 0.717) is 19.6 Å². The van der Waals surface area contributed by atoms with Crippen molar-refractivity contribution in [3.63, 3.8) is 0 Å². The van der Waals surface area contributed by atoms with Crippen LogP contribution in [0.25, 0.3) is 22.0 Å². The van der Waals surface area contributed by atoms with Gasteiger partial charge < -0.3 is 9.73 Å². The standard InChI is InChI=1S/C22H25N3O2/c1-4-24-18-11-10-16(12-19(18)25(5-2)22(24)26)14-23-15(3)21-13-17-8-6-7-9-20(17)27-21/h6-13,15,23H,4-5,14H2,1-3H3. The molecule has 1 unspecified atom stereocenters. The molecule has 5 heteroatoms. The van der Waals surface area contributed by atoms with Crippen molar-refractivity contribution < 1.29 is 4.42 Å². The lowest BCUT2D eigenvalue weighted by Crippen LogP contribution is -2.23. The van der Waals surface area contributed by atoms with E-state index in [1.807, 2.05) is 41.2 Å². The maximum atomic E-state index is 12.5. The van der Waals surface area contributed by atoms with Crippen molar-refractivity contribution in [2.75, 3.05) is 0 Å². The molecule has 0 aliphatic carbocycles. The zero-order valence-electron chi connectivity index (χ0n) is 16.0. The van der Waals surface area contributed by atoms with Crippen LogP contribution in [0.5, 0.6) is 0 Å². The molecule has 27 heavy (non-hydrogen) atoms. The SMILES string of the molecule is CCn1c(=O)n(CC)c2cc(CNC(C)c3cc4ccccc4o3)ccc21. The second-order valence-electron chi connectivity index (χ2n) is 6.88. The maximum absolute atomic E-state index is 12.5. The van der Waals surface area contributed by atoms with E-state index in [1.165, 1.54) is 0 Å². The van der Waals surface area contributed by atoms with E-state index in [9.17, 15) is 4.79 Å². The number of imidazole rings is 1. The lowest BCUT2D eigenvalue weighted by atomic mass is 10.1. The Hall–Kier alpha value is -2.79. The van der Waals surface area contributed by atoms with E-state index < -0.39 is 0 Å². The molecular formula is C22H25N3O2. The smallest absolute Gasteiger partial charge is 0.329 e. The third kappa shape index (κ3) is 3.08. The lowest BCUT2D eigenvalue weighted by Gasteiger charge is -2.11. The van der Waals surface area contributed by atoms with Gasteiger partial charge in [0.25, 0.3) is 0 Å². The first-order valence-corrected chi connectivity index (χ1v) is 9.56. The molecule has 1 atom stereocenters. The van der Waals surface area contributed by atoms with Crippen molar-refractivity contribution in [1.29, 1.82) is 0 Å². The van der Waals surface area contributed by atoms with Crippen molar-refractivity contribution >= 4 is 22.0 Å². The molecule has 4 aromatic rings. The molecule has 0 fully saturated rings. The number of rotatable bonds is 6. The molecule has 2 aromatic heterocycles. The predicted molar refractivity (Wildman–Crippen MR) is 109 cm³/mol. The Labute approximate surface area is 158 Å². The van der Waals surface area contributed by atoms with Crippen LogP contribution in [0.15, 0.2) is 57.7 Å². The van der Waals surface area contributed by atoms with Crippen molar-refractivity contribution in [2.24, 2.45) is 0 Å². The molecule has 0 spiro atoms. The number of fused-ring (bicyclic) bond motifs is 2. The highest BCUT2D eigenvalue weighted by Crippen LogP contribution is 2.24. The first-order chi connectivity index (χ1) is 13.1. The van der Waals surface area contributed by atoms with Crippen LogP contribution < -0.4 is 11.0 Å². The Kier molecular flexibility index (Phi) is 4.62. The summed E-state index contributed by atoms with van der Waals surface area (Å²) in [6.45, 7) is 8.19. The monoisotopic (exact) mass is 363 g/mol. The maximum Gasteiger partial charge on any atom is 0.329 e. The molecule has 140 valence electrons. The van der Waals surface area contributed by atoms with Crippen LogP contribution >= 0.6 is 0 Å². The zero-order chi connectivity index (χ0) is 19.0. The van der Waals surface area contributed by atoms with Gasteiger partial charge in [-0.25, -0.2) is 4.79 Å². The van der Waals surface area contributed by atoms with E-state index in [2.05, 4.69) is 42.6 Å². The quantitative estimate of drug-likeness (QED) is 0.551. The number of aryl methyl sites for hydroxylation is 2. The summed E-state index contributed by atoms with van der Waals surface area (Å²) in [6.07, 6.45) is 0. The Bertz CT molecular complexity index is 1120. The second-order valence-corrected chi connectivity index (χ2v) is 6.88. The fourth-order valence-electron chi connectivity index (χ4n) is 3.67. The Morgan fingerprint density at radius 1 is 1.00 bits per heavy atom. The summed E-state index contributed by atoms with van der Waals surface area (Å²) in [5, 5.41) is 4.65. The lowest BCUT2D eigenvalue weighted by molar-refractivity contribution is 0.451. The topological polar surface area (TPSA) is 52.1 Å². The van der Waals surface area contributed by atoms with Crippen molar-refractivity contribution in [3.8, 4) is 0 Å². The molecule has 0 saturated carbocycles. The Balaban J connectivity index is 1.57. The van der Waals surface area contributed by atoms with Gasteiger partial charge >= 0.3 is 5.69 Å². The number of hydrogen-bond acceptors (Lipinski definition) is 3. The highest BCUT2D eigenvalue weighted by molar-refractivity contribution is 5.78. The third-order valence-electron chi connectivity index (χ3n) is 5.20. The van der Waals surface area contributed by atoms with Crippen molar-refractivity contribution in [1.82, 2.24) is 14.5 Å². The normalized spacial score (nSPS) is 12.9. The number of nitrogens with one attached hydrogen (secondary N) is 1. The molecule has 2 heterocycles. The summed E-state index contributed by atoms with van der Waals surface area (Å²) in [5.74, 6) is 0.930. The van der Waals surface area contributed by atoms with Gasteiger partial charge in [0.05, 0.1) is 17.1 Å². The number of nitrogens with zero attached hydrogens (tertiary/aromatic N) is 2. The summed E-state index contributed by atoms with van der Waals surface area (Å²) in [7, 11) is 0. The summed E-state index contributed by atoms with van der Waals surface area (Å²) in [6, 6.07) is 16.5. The average Bonchev–Trinajstić information content (AvgIpc) is 3.23. The van der Waals surface area contributed by atoms with Gasteiger partial charge in [0.15, 0.2) is 0 Å². The summed E-state index contributed by atoms with van der Waals surface area (Å²) in [4.78, 5) is 12.5. The number of furan rings is 1. The van der Waals surface area contributed by atoms with E-state index in [0.717, 1.165) is 33.3 Å². The number of benzene rings is 2. The predicted octanol–water partition coefficient (Wildman–Crippen LogP) is 4.44. The van der Waals surface area contributed by atoms with Gasteiger partial charge in [0, 0.05) is 25.0 Å². The van der Waals surface area contributed by atoms with Gasteiger partial charge in [-0.15, -0.1) is 0 Å². The first-order valence-electron chi connectivity index (χ1n) is 9.56. The third-order valence-corrected chi connectivity index (χ3v) is 5.20. The summed E-state index contributed by atoms with van der Waals surface area (Å²) >= 11 is 0. The van der Waals surface area contributed by atoms with Gasteiger partial charge in [0.1, 0.15) is 11.3 Å². The van der Waals surface area contributed by atoms with Crippen LogP contribution in [0.3, 0.4) is 0 Å². The van der Waals surface area contributed by atoms with Crippen LogP contribution in [0, 0.1) is 0 Å². The summed E-state index contributed by atoms with van der Waals surface area (Å²) < 4.78 is 9.61. The van der Waals surface area contributed by atoms with Gasteiger partial charge in [-0.1, -0.05) is 24.3 Å². The minimum absolute atomic E-state index is 0.0655. The van der Waals surface area contributed by atoms with Crippen LogP contribution in [-0.4, -0.2) is 9.13 Å². The van der Waals surface area contributed by atoms with Gasteiger partial charge in [-0.05, 0) is 50.6 Å². The highest BCUT2D eigenvalue weighted by Gasteiger charge is 2.13. The number of hydrogen-bond donors (Lipinski definition) is 1. The minimum Gasteiger partial charge on any atom is -0.459 e. The molecule has 1 N–H and O–H groups in total. The van der Waals surface area contributed by atoms with Gasteiger partial charge in [0.2, 0.25) is 0 Å².